The standard InChI is InChI=1S/C26H21FN4O4/c1-33-20-10-11-21-22(13-20)31-26(30-21)17(14-28)12-16-4-3-5-23(34-2)25(16)35-15-24(32)29-19-8-6-18(27)7-9-19/h3-13H,15H2,1-2H3,(H,29,32)(H,30,31)/b17-12-. The molecule has 1 aromatic heterocycles. The summed E-state index contributed by atoms with van der Waals surface area (Å²) in [6.07, 6.45) is 1.60. The van der Waals surface area contributed by atoms with Gasteiger partial charge >= 0.3 is 0 Å². The van der Waals surface area contributed by atoms with Crippen molar-refractivity contribution in [2.75, 3.05) is 26.1 Å². The molecule has 3 aromatic carbocycles. The number of carbonyl (C=O) groups excluding carboxylic acids is 1. The van der Waals surface area contributed by atoms with Crippen molar-refractivity contribution in [1.82, 2.24) is 9.97 Å². The number of fused-ring (bicyclic) bond motifs is 1. The third-order valence-corrected chi connectivity index (χ3v) is 5.07. The molecule has 0 aliphatic rings. The van der Waals surface area contributed by atoms with Gasteiger partial charge in [0.1, 0.15) is 23.5 Å². The van der Waals surface area contributed by atoms with E-state index < -0.39 is 11.7 Å². The van der Waals surface area contributed by atoms with Gasteiger partial charge < -0.3 is 24.5 Å². The number of para-hydroxylation sites is 1. The molecule has 0 unspecified atom stereocenters. The predicted molar refractivity (Wildman–Crippen MR) is 130 cm³/mol. The highest BCUT2D eigenvalue weighted by atomic mass is 19.1. The number of H-pyrrole nitrogens is 1. The molecule has 0 aliphatic carbocycles. The van der Waals surface area contributed by atoms with Crippen LogP contribution in [0.1, 0.15) is 11.4 Å². The van der Waals surface area contributed by atoms with Crippen molar-refractivity contribution in [3.63, 3.8) is 0 Å². The van der Waals surface area contributed by atoms with Gasteiger partial charge in [0.15, 0.2) is 18.1 Å². The van der Waals surface area contributed by atoms with E-state index in [-0.39, 0.29) is 17.9 Å². The average molecular weight is 472 g/mol. The lowest BCUT2D eigenvalue weighted by atomic mass is 10.1. The summed E-state index contributed by atoms with van der Waals surface area (Å²) in [6.45, 7) is -0.328. The summed E-state index contributed by atoms with van der Waals surface area (Å²) >= 11 is 0. The molecule has 1 heterocycles. The number of imidazole rings is 1. The molecular weight excluding hydrogens is 451 g/mol. The van der Waals surface area contributed by atoms with E-state index in [4.69, 9.17) is 14.2 Å². The molecule has 0 saturated carbocycles. The van der Waals surface area contributed by atoms with E-state index in [9.17, 15) is 14.4 Å². The number of allylic oxidation sites excluding steroid dienone is 1. The van der Waals surface area contributed by atoms with Crippen molar-refractivity contribution < 1.29 is 23.4 Å². The maximum Gasteiger partial charge on any atom is 0.262 e. The first-order valence-electron chi connectivity index (χ1n) is 10.5. The fourth-order valence-corrected chi connectivity index (χ4v) is 3.38. The molecule has 9 heteroatoms. The first-order chi connectivity index (χ1) is 17.0. The van der Waals surface area contributed by atoms with Gasteiger partial charge in [-0.2, -0.15) is 5.26 Å². The maximum atomic E-state index is 13.1. The van der Waals surface area contributed by atoms with E-state index in [0.29, 0.717) is 34.1 Å². The zero-order chi connectivity index (χ0) is 24.8. The van der Waals surface area contributed by atoms with Crippen LogP contribution in [-0.4, -0.2) is 36.7 Å². The molecule has 4 aromatic rings. The second-order valence-corrected chi connectivity index (χ2v) is 7.36. The minimum atomic E-state index is -0.441. The van der Waals surface area contributed by atoms with Gasteiger partial charge in [-0.05, 0) is 48.5 Å². The van der Waals surface area contributed by atoms with Crippen LogP contribution in [0.2, 0.25) is 0 Å². The Hall–Kier alpha value is -4.84. The molecule has 0 bridgehead atoms. The number of aromatic nitrogens is 2. The van der Waals surface area contributed by atoms with E-state index in [0.717, 1.165) is 5.52 Å². The van der Waals surface area contributed by atoms with Gasteiger partial charge in [-0.3, -0.25) is 4.79 Å². The largest absolute Gasteiger partial charge is 0.497 e. The number of methoxy groups -OCH3 is 2. The zero-order valence-corrected chi connectivity index (χ0v) is 19.0. The van der Waals surface area contributed by atoms with Crippen LogP contribution in [0, 0.1) is 17.1 Å². The lowest BCUT2D eigenvalue weighted by Gasteiger charge is -2.13. The normalized spacial score (nSPS) is 11.1. The van der Waals surface area contributed by atoms with E-state index in [1.165, 1.54) is 31.4 Å². The van der Waals surface area contributed by atoms with E-state index in [1.807, 2.05) is 0 Å². The Morgan fingerprint density at radius 1 is 1.14 bits per heavy atom. The number of anilines is 1. The van der Waals surface area contributed by atoms with Crippen LogP contribution in [0.15, 0.2) is 60.7 Å². The molecule has 0 aliphatic heterocycles. The SMILES string of the molecule is COc1ccc2nc(/C(C#N)=C\c3cccc(OC)c3OCC(=O)Nc3ccc(F)cc3)[nH]c2c1. The zero-order valence-electron chi connectivity index (χ0n) is 19.0. The minimum Gasteiger partial charge on any atom is -0.497 e. The van der Waals surface area contributed by atoms with Crippen LogP contribution in [0.25, 0.3) is 22.7 Å². The van der Waals surface area contributed by atoms with Gasteiger partial charge in [-0.25, -0.2) is 9.37 Å². The lowest BCUT2D eigenvalue weighted by Crippen LogP contribution is -2.20. The van der Waals surface area contributed by atoms with E-state index in [1.54, 1.807) is 49.6 Å². The summed E-state index contributed by atoms with van der Waals surface area (Å²) < 4.78 is 29.5. The number of rotatable bonds is 8. The molecule has 0 radical (unpaired) electrons. The number of halogens is 1. The predicted octanol–water partition coefficient (Wildman–Crippen LogP) is 4.80. The average Bonchev–Trinajstić information content (AvgIpc) is 3.30. The van der Waals surface area contributed by atoms with E-state index in [2.05, 4.69) is 21.4 Å². The topological polar surface area (TPSA) is 109 Å². The van der Waals surface area contributed by atoms with Crippen LogP contribution >= 0.6 is 0 Å². The van der Waals surface area contributed by atoms with Gasteiger partial charge in [0, 0.05) is 17.3 Å². The molecule has 0 fully saturated rings. The summed E-state index contributed by atoms with van der Waals surface area (Å²) in [4.78, 5) is 20.0. The number of nitrogens with one attached hydrogen (secondary N) is 2. The lowest BCUT2D eigenvalue weighted by molar-refractivity contribution is -0.118. The van der Waals surface area contributed by atoms with Gasteiger partial charge in [-0.1, -0.05) is 12.1 Å². The van der Waals surface area contributed by atoms with Crippen molar-refractivity contribution >= 4 is 34.3 Å². The summed E-state index contributed by atoms with van der Waals surface area (Å²) in [5.74, 6) is 0.872. The van der Waals surface area contributed by atoms with Gasteiger partial charge in [-0.15, -0.1) is 0 Å². The van der Waals surface area contributed by atoms with Gasteiger partial charge in [0.2, 0.25) is 0 Å². The Morgan fingerprint density at radius 3 is 2.66 bits per heavy atom. The van der Waals surface area contributed by atoms with Crippen LogP contribution in [-0.2, 0) is 4.79 Å². The van der Waals surface area contributed by atoms with Gasteiger partial charge in [0.05, 0.1) is 30.8 Å². The fourth-order valence-electron chi connectivity index (χ4n) is 3.38. The number of carbonyl (C=O) groups is 1. The van der Waals surface area contributed by atoms with Crippen LogP contribution in [0.3, 0.4) is 0 Å². The Labute approximate surface area is 200 Å². The molecule has 2 N–H and O–H groups in total. The Bertz CT molecular complexity index is 1440. The molecule has 4 rings (SSSR count). The summed E-state index contributed by atoms with van der Waals surface area (Å²) in [7, 11) is 3.05. The quantitative estimate of drug-likeness (QED) is 0.357. The third-order valence-electron chi connectivity index (χ3n) is 5.07. The molecule has 8 nitrogen and oxygen atoms in total. The Balaban J connectivity index is 1.60. The van der Waals surface area contributed by atoms with E-state index >= 15 is 0 Å². The molecular formula is C26H21FN4O4. The first kappa shape index (κ1) is 23.3. The van der Waals surface area contributed by atoms with Crippen LogP contribution in [0.4, 0.5) is 10.1 Å². The number of nitrogens with zero attached hydrogens (tertiary/aromatic N) is 2. The van der Waals surface area contributed by atoms with Crippen LogP contribution < -0.4 is 19.5 Å². The molecule has 0 saturated heterocycles. The summed E-state index contributed by atoms with van der Waals surface area (Å²) in [5, 5.41) is 12.5. The molecule has 0 atom stereocenters. The third kappa shape index (κ3) is 5.39. The summed E-state index contributed by atoms with van der Waals surface area (Å²) in [6, 6.07) is 18.1. The number of aromatic amines is 1. The van der Waals surface area contributed by atoms with Crippen molar-refractivity contribution in [3.05, 3.63) is 77.9 Å². The van der Waals surface area contributed by atoms with Crippen molar-refractivity contribution in [2.24, 2.45) is 0 Å². The molecule has 1 amide bonds. The highest BCUT2D eigenvalue weighted by molar-refractivity contribution is 5.93. The Morgan fingerprint density at radius 2 is 1.94 bits per heavy atom. The molecule has 0 spiro atoms. The first-order valence-corrected chi connectivity index (χ1v) is 10.5. The van der Waals surface area contributed by atoms with Crippen molar-refractivity contribution in [2.45, 2.75) is 0 Å². The Kier molecular flexibility index (Phi) is 6.93. The number of hydrogen-bond acceptors (Lipinski definition) is 6. The smallest absolute Gasteiger partial charge is 0.262 e. The summed E-state index contributed by atoms with van der Waals surface area (Å²) in [5.41, 5.74) is 2.62. The number of amides is 1. The fraction of sp³-hybridized carbons (Fsp3) is 0.115. The van der Waals surface area contributed by atoms with Crippen molar-refractivity contribution in [1.29, 1.82) is 5.26 Å². The number of benzene rings is 3. The van der Waals surface area contributed by atoms with Crippen LogP contribution in [0.5, 0.6) is 17.2 Å². The van der Waals surface area contributed by atoms with Crippen molar-refractivity contribution in [3.8, 4) is 23.3 Å². The minimum absolute atomic E-state index is 0.258. The highest BCUT2D eigenvalue weighted by Crippen LogP contribution is 2.34. The second kappa shape index (κ2) is 10.4. The molecule has 35 heavy (non-hydrogen) atoms. The molecule has 176 valence electrons. The monoisotopic (exact) mass is 472 g/mol. The van der Waals surface area contributed by atoms with Gasteiger partial charge in [0.25, 0.3) is 5.91 Å². The number of hydrogen-bond donors (Lipinski definition) is 2. The highest BCUT2D eigenvalue weighted by Gasteiger charge is 2.15. The second-order valence-electron chi connectivity index (χ2n) is 7.36. The number of ether oxygens (including phenoxy) is 3. The maximum absolute atomic E-state index is 13.1. The number of nitriles is 1.